The third kappa shape index (κ3) is 3.37. The Morgan fingerprint density at radius 3 is 2.62 bits per heavy atom. The lowest BCUT2D eigenvalue weighted by Gasteiger charge is -2.27. The molecule has 3 rings (SSSR count). The van der Waals surface area contributed by atoms with E-state index < -0.39 is 5.97 Å². The first-order valence-electron chi connectivity index (χ1n) is 6.87. The van der Waals surface area contributed by atoms with Crippen molar-refractivity contribution in [2.45, 2.75) is 6.54 Å². The van der Waals surface area contributed by atoms with Crippen LogP contribution in [0.5, 0.6) is 0 Å². The molecule has 0 aliphatic carbocycles. The van der Waals surface area contributed by atoms with Crippen LogP contribution in [-0.4, -0.2) is 53.4 Å². The van der Waals surface area contributed by atoms with Gasteiger partial charge in [-0.05, 0) is 12.1 Å². The molecule has 114 valence electrons. The second-order valence-corrected chi connectivity index (χ2v) is 5.00. The van der Waals surface area contributed by atoms with E-state index in [-0.39, 0.29) is 12.4 Å². The van der Waals surface area contributed by atoms with Crippen molar-refractivity contribution in [3.63, 3.8) is 0 Å². The van der Waals surface area contributed by atoms with Crippen molar-refractivity contribution in [2.24, 2.45) is 0 Å². The number of morpholine rings is 1. The molecule has 1 aliphatic heterocycles. The van der Waals surface area contributed by atoms with Gasteiger partial charge >= 0.3 is 5.97 Å². The molecule has 0 spiro atoms. The fraction of sp³-hybridized carbons (Fsp3) is 0.400. The van der Waals surface area contributed by atoms with E-state index in [1.54, 1.807) is 6.07 Å². The van der Waals surface area contributed by atoms with Gasteiger partial charge in [0.05, 0.1) is 13.2 Å². The van der Waals surface area contributed by atoms with Gasteiger partial charge in [0.2, 0.25) is 0 Å². The highest BCUT2D eigenvalue weighted by molar-refractivity contribution is 5.94. The second-order valence-electron chi connectivity index (χ2n) is 5.00. The normalized spacial score (nSPS) is 15.8. The number of benzene rings is 1. The third-order valence-electron chi connectivity index (χ3n) is 3.77. The van der Waals surface area contributed by atoms with Crippen LogP contribution in [-0.2, 0) is 11.3 Å². The first-order valence-corrected chi connectivity index (χ1v) is 6.87. The topological polar surface area (TPSA) is 54.7 Å². The molecule has 1 aromatic heterocycles. The SMILES string of the molecule is Cl.O=C(O)c1cc2ccccc2n1CCN1CCOCC1. The molecule has 0 unspecified atom stereocenters. The van der Waals surface area contributed by atoms with Crippen LogP contribution >= 0.6 is 12.4 Å². The van der Waals surface area contributed by atoms with Crippen LogP contribution in [0.15, 0.2) is 30.3 Å². The summed E-state index contributed by atoms with van der Waals surface area (Å²) in [5.41, 5.74) is 1.35. The zero-order valence-electron chi connectivity index (χ0n) is 11.7. The maximum Gasteiger partial charge on any atom is 0.352 e. The summed E-state index contributed by atoms with van der Waals surface area (Å²) in [4.78, 5) is 13.7. The molecular formula is C15H19ClN2O3. The summed E-state index contributed by atoms with van der Waals surface area (Å²) in [6, 6.07) is 9.55. The van der Waals surface area contributed by atoms with Gasteiger partial charge in [0.15, 0.2) is 0 Å². The Labute approximate surface area is 129 Å². The lowest BCUT2D eigenvalue weighted by atomic mass is 10.2. The summed E-state index contributed by atoms with van der Waals surface area (Å²) >= 11 is 0. The smallest absolute Gasteiger partial charge is 0.352 e. The quantitative estimate of drug-likeness (QED) is 0.939. The Kier molecular flexibility index (Phi) is 5.22. The lowest BCUT2D eigenvalue weighted by Crippen LogP contribution is -2.38. The maximum absolute atomic E-state index is 11.4. The molecule has 2 heterocycles. The Bertz CT molecular complexity index is 620. The van der Waals surface area contributed by atoms with Crippen molar-refractivity contribution < 1.29 is 14.6 Å². The Hall–Kier alpha value is -1.56. The number of nitrogens with zero attached hydrogens (tertiary/aromatic N) is 2. The van der Waals surface area contributed by atoms with Gasteiger partial charge in [0.25, 0.3) is 0 Å². The molecule has 0 atom stereocenters. The number of hydrogen-bond acceptors (Lipinski definition) is 3. The van der Waals surface area contributed by atoms with Crippen LogP contribution in [0.2, 0.25) is 0 Å². The summed E-state index contributed by atoms with van der Waals surface area (Å²) in [6.07, 6.45) is 0. The van der Waals surface area contributed by atoms with Crippen LogP contribution in [0.25, 0.3) is 10.9 Å². The standard InChI is InChI=1S/C15H18N2O3.ClH/c18-15(19)14-11-12-3-1-2-4-13(12)17(14)6-5-16-7-9-20-10-8-16;/h1-4,11H,5-10H2,(H,18,19);1H. The zero-order valence-corrected chi connectivity index (χ0v) is 12.5. The molecule has 0 bridgehead atoms. The van der Waals surface area contributed by atoms with Gasteiger partial charge in [-0.1, -0.05) is 18.2 Å². The molecule has 0 saturated carbocycles. The first-order chi connectivity index (χ1) is 9.75. The van der Waals surface area contributed by atoms with E-state index in [4.69, 9.17) is 4.74 Å². The summed E-state index contributed by atoms with van der Waals surface area (Å²) in [7, 11) is 0. The number of carboxylic acids is 1. The van der Waals surface area contributed by atoms with Crippen LogP contribution in [0.4, 0.5) is 0 Å². The van der Waals surface area contributed by atoms with Gasteiger partial charge in [0.1, 0.15) is 5.69 Å². The number of aromatic carboxylic acids is 1. The van der Waals surface area contributed by atoms with Crippen molar-refractivity contribution in [3.05, 3.63) is 36.0 Å². The fourth-order valence-corrected chi connectivity index (χ4v) is 2.69. The maximum atomic E-state index is 11.4. The number of rotatable bonds is 4. The number of aromatic nitrogens is 1. The van der Waals surface area contributed by atoms with Gasteiger partial charge in [0, 0.05) is 37.1 Å². The minimum Gasteiger partial charge on any atom is -0.477 e. The molecule has 21 heavy (non-hydrogen) atoms. The van der Waals surface area contributed by atoms with Crippen LogP contribution in [0, 0.1) is 0 Å². The number of carbonyl (C=O) groups is 1. The molecule has 0 amide bonds. The number of fused-ring (bicyclic) bond motifs is 1. The van der Waals surface area contributed by atoms with Crippen LogP contribution < -0.4 is 0 Å². The number of carboxylic acid groups (broad SMARTS) is 1. The van der Waals surface area contributed by atoms with Crippen molar-refractivity contribution in [3.8, 4) is 0 Å². The molecule has 0 radical (unpaired) electrons. The highest BCUT2D eigenvalue weighted by Crippen LogP contribution is 2.20. The van der Waals surface area contributed by atoms with Crippen LogP contribution in [0.3, 0.4) is 0 Å². The third-order valence-corrected chi connectivity index (χ3v) is 3.77. The van der Waals surface area contributed by atoms with Crippen molar-refractivity contribution >= 4 is 29.3 Å². The number of halogens is 1. The molecule has 1 fully saturated rings. The molecular weight excluding hydrogens is 292 g/mol. The highest BCUT2D eigenvalue weighted by atomic mass is 35.5. The molecule has 6 heteroatoms. The fourth-order valence-electron chi connectivity index (χ4n) is 2.69. The average molecular weight is 311 g/mol. The zero-order chi connectivity index (χ0) is 13.9. The largest absolute Gasteiger partial charge is 0.477 e. The van der Waals surface area contributed by atoms with E-state index in [1.165, 1.54) is 0 Å². The minimum atomic E-state index is -0.872. The number of ether oxygens (including phenoxy) is 1. The average Bonchev–Trinajstić information content (AvgIpc) is 2.85. The van der Waals surface area contributed by atoms with Gasteiger partial charge in [-0.25, -0.2) is 4.79 Å². The Morgan fingerprint density at radius 1 is 1.19 bits per heavy atom. The van der Waals surface area contributed by atoms with Gasteiger partial charge < -0.3 is 14.4 Å². The predicted molar refractivity (Wildman–Crippen MR) is 83.4 cm³/mol. The number of hydrogen-bond donors (Lipinski definition) is 1. The van der Waals surface area contributed by atoms with E-state index in [0.29, 0.717) is 12.2 Å². The molecule has 1 aromatic carbocycles. The van der Waals surface area contributed by atoms with Gasteiger partial charge in [-0.2, -0.15) is 0 Å². The van der Waals surface area contributed by atoms with Crippen molar-refractivity contribution in [1.29, 1.82) is 0 Å². The van der Waals surface area contributed by atoms with Gasteiger partial charge in [-0.15, -0.1) is 12.4 Å². The molecule has 1 saturated heterocycles. The van der Waals surface area contributed by atoms with Gasteiger partial charge in [-0.3, -0.25) is 4.90 Å². The summed E-state index contributed by atoms with van der Waals surface area (Å²) in [6.45, 7) is 4.90. The highest BCUT2D eigenvalue weighted by Gasteiger charge is 2.16. The molecule has 5 nitrogen and oxygen atoms in total. The van der Waals surface area contributed by atoms with Crippen molar-refractivity contribution in [2.75, 3.05) is 32.8 Å². The monoisotopic (exact) mass is 310 g/mol. The van der Waals surface area contributed by atoms with E-state index in [2.05, 4.69) is 4.90 Å². The van der Waals surface area contributed by atoms with Crippen LogP contribution in [0.1, 0.15) is 10.5 Å². The molecule has 2 aromatic rings. The minimum absolute atomic E-state index is 0. The summed E-state index contributed by atoms with van der Waals surface area (Å²) in [5, 5.41) is 10.3. The predicted octanol–water partition coefficient (Wildman–Crippen LogP) is 2.09. The molecule has 1 N–H and O–H groups in total. The number of para-hydroxylation sites is 1. The van der Waals surface area contributed by atoms with E-state index in [1.807, 2.05) is 28.8 Å². The first kappa shape index (κ1) is 15.8. The Morgan fingerprint density at radius 2 is 1.90 bits per heavy atom. The second kappa shape index (κ2) is 6.93. The molecule has 1 aliphatic rings. The lowest BCUT2D eigenvalue weighted by molar-refractivity contribution is 0.0362. The van der Waals surface area contributed by atoms with E-state index in [0.717, 1.165) is 43.8 Å². The summed E-state index contributed by atoms with van der Waals surface area (Å²) in [5.74, 6) is -0.872. The van der Waals surface area contributed by atoms with E-state index in [9.17, 15) is 9.90 Å². The Balaban J connectivity index is 0.00000161. The van der Waals surface area contributed by atoms with Crippen molar-refractivity contribution in [1.82, 2.24) is 9.47 Å². The summed E-state index contributed by atoms with van der Waals surface area (Å²) < 4.78 is 7.22. The van der Waals surface area contributed by atoms with E-state index >= 15 is 0 Å².